The van der Waals surface area contributed by atoms with Crippen molar-refractivity contribution in [3.05, 3.63) is 59.3 Å². The van der Waals surface area contributed by atoms with Crippen LogP contribution in [0, 0.1) is 0 Å². The molecule has 2 N–H and O–H groups in total. The Hall–Kier alpha value is -3.48. The number of aromatic amines is 1. The zero-order valence-electron chi connectivity index (χ0n) is 15.4. The smallest absolute Gasteiger partial charge is 0.342 e. The molecule has 0 saturated heterocycles. The number of aromatic hydroxyl groups is 1. The molecule has 0 fully saturated rings. The van der Waals surface area contributed by atoms with E-state index in [0.29, 0.717) is 13.1 Å². The molecule has 0 spiro atoms. The van der Waals surface area contributed by atoms with Crippen molar-refractivity contribution in [2.75, 3.05) is 20.3 Å². The van der Waals surface area contributed by atoms with Crippen LogP contribution in [-0.4, -0.2) is 47.1 Å². The minimum atomic E-state index is -0.769. The number of fused-ring (bicyclic) bond motifs is 3. The monoisotopic (exact) mass is 380 g/mol. The molecule has 1 aliphatic rings. The first-order valence-corrected chi connectivity index (χ1v) is 8.98. The number of hydrogen-bond donors (Lipinski definition) is 2. The van der Waals surface area contributed by atoms with Gasteiger partial charge in [-0.3, -0.25) is 4.79 Å². The standard InChI is InChI=1S/C21H20N2O5/c1-27-18-8-4-6-14(20(18)25)21(26)28-12-19(24)23-10-9-17-15(11-23)13-5-2-3-7-16(13)22-17/h2-8,22,25H,9-12H2,1H3. The van der Waals surface area contributed by atoms with Gasteiger partial charge in [0.05, 0.1) is 7.11 Å². The second kappa shape index (κ2) is 7.26. The fraction of sp³-hybridized carbons (Fsp3) is 0.238. The summed E-state index contributed by atoms with van der Waals surface area (Å²) in [5.41, 5.74) is 3.27. The molecule has 144 valence electrons. The number of H-pyrrole nitrogens is 1. The number of nitrogens with one attached hydrogen (secondary N) is 1. The molecule has 0 radical (unpaired) electrons. The number of nitrogens with zero attached hydrogens (tertiary/aromatic N) is 1. The van der Waals surface area contributed by atoms with Crippen LogP contribution in [0.4, 0.5) is 0 Å². The molecule has 7 nitrogen and oxygen atoms in total. The minimum absolute atomic E-state index is 0.0373. The van der Waals surface area contributed by atoms with Gasteiger partial charge in [0.25, 0.3) is 5.91 Å². The van der Waals surface area contributed by atoms with E-state index in [1.54, 1.807) is 11.0 Å². The number of esters is 1. The molecule has 4 rings (SSSR count). The van der Waals surface area contributed by atoms with Gasteiger partial charge in [0.15, 0.2) is 18.1 Å². The predicted octanol–water partition coefficient (Wildman–Crippen LogP) is 2.62. The maximum atomic E-state index is 12.6. The van der Waals surface area contributed by atoms with Crippen molar-refractivity contribution in [3.63, 3.8) is 0 Å². The van der Waals surface area contributed by atoms with Gasteiger partial charge in [-0.25, -0.2) is 4.79 Å². The highest BCUT2D eigenvalue weighted by atomic mass is 16.5. The fourth-order valence-electron chi connectivity index (χ4n) is 3.53. The average Bonchev–Trinajstić information content (AvgIpc) is 3.09. The van der Waals surface area contributed by atoms with Gasteiger partial charge in [-0.2, -0.15) is 0 Å². The SMILES string of the molecule is COc1cccc(C(=O)OCC(=O)N2CCc3[nH]c4ccccc4c3C2)c1O. The van der Waals surface area contributed by atoms with Crippen LogP contribution in [-0.2, 0) is 22.5 Å². The number of carbonyl (C=O) groups excluding carboxylic acids is 2. The number of rotatable bonds is 4. The zero-order valence-corrected chi connectivity index (χ0v) is 15.4. The average molecular weight is 380 g/mol. The van der Waals surface area contributed by atoms with Crippen molar-refractivity contribution in [2.45, 2.75) is 13.0 Å². The summed E-state index contributed by atoms with van der Waals surface area (Å²) in [6.07, 6.45) is 0.723. The molecular formula is C21H20N2O5. The highest BCUT2D eigenvalue weighted by Gasteiger charge is 2.25. The molecule has 0 bridgehead atoms. The van der Waals surface area contributed by atoms with Crippen molar-refractivity contribution in [2.24, 2.45) is 0 Å². The Kier molecular flexibility index (Phi) is 4.65. The molecule has 3 aromatic rings. The molecule has 2 heterocycles. The number of phenols is 1. The Labute approximate surface area is 161 Å². The number of ether oxygens (including phenoxy) is 2. The minimum Gasteiger partial charge on any atom is -0.504 e. The van der Waals surface area contributed by atoms with E-state index >= 15 is 0 Å². The van der Waals surface area contributed by atoms with Gasteiger partial charge in [0.1, 0.15) is 5.56 Å². The Morgan fingerprint density at radius 1 is 1.18 bits per heavy atom. The van der Waals surface area contributed by atoms with Gasteiger partial charge in [0.2, 0.25) is 0 Å². The molecule has 0 aliphatic carbocycles. The zero-order chi connectivity index (χ0) is 19.7. The molecule has 7 heteroatoms. The summed E-state index contributed by atoms with van der Waals surface area (Å²) >= 11 is 0. The maximum Gasteiger partial charge on any atom is 0.342 e. The van der Waals surface area contributed by atoms with Crippen LogP contribution in [0.2, 0.25) is 0 Å². The molecule has 0 unspecified atom stereocenters. The first-order chi connectivity index (χ1) is 13.6. The first kappa shape index (κ1) is 17.9. The topological polar surface area (TPSA) is 91.9 Å². The van der Waals surface area contributed by atoms with E-state index < -0.39 is 5.97 Å². The van der Waals surface area contributed by atoms with E-state index in [2.05, 4.69) is 4.98 Å². The van der Waals surface area contributed by atoms with E-state index in [9.17, 15) is 14.7 Å². The largest absolute Gasteiger partial charge is 0.504 e. The number of phenolic OH excluding ortho intramolecular Hbond substituents is 1. The molecule has 1 aromatic heterocycles. The lowest BCUT2D eigenvalue weighted by molar-refractivity contribution is -0.135. The highest BCUT2D eigenvalue weighted by molar-refractivity contribution is 5.95. The van der Waals surface area contributed by atoms with E-state index in [1.165, 1.54) is 19.2 Å². The summed E-state index contributed by atoms with van der Waals surface area (Å²) in [6, 6.07) is 12.5. The first-order valence-electron chi connectivity index (χ1n) is 8.98. The second-order valence-electron chi connectivity index (χ2n) is 6.63. The Bertz CT molecular complexity index is 1060. The van der Waals surface area contributed by atoms with E-state index in [0.717, 1.165) is 28.6 Å². The third-order valence-electron chi connectivity index (χ3n) is 5.00. The molecule has 0 saturated carbocycles. The van der Waals surface area contributed by atoms with Crippen molar-refractivity contribution < 1.29 is 24.2 Å². The summed E-state index contributed by atoms with van der Waals surface area (Å²) in [5, 5.41) is 11.1. The number of benzene rings is 2. The van der Waals surface area contributed by atoms with Crippen molar-refractivity contribution in [1.29, 1.82) is 0 Å². The molecule has 1 aliphatic heterocycles. The van der Waals surface area contributed by atoms with Gasteiger partial charge < -0.3 is 24.5 Å². The van der Waals surface area contributed by atoms with Crippen LogP contribution in [0.1, 0.15) is 21.6 Å². The van der Waals surface area contributed by atoms with Gasteiger partial charge in [-0.05, 0) is 18.2 Å². The number of hydrogen-bond acceptors (Lipinski definition) is 5. The van der Waals surface area contributed by atoms with E-state index in [-0.39, 0.29) is 29.6 Å². The van der Waals surface area contributed by atoms with Crippen LogP contribution in [0.25, 0.3) is 10.9 Å². The summed E-state index contributed by atoms with van der Waals surface area (Å²) in [5.74, 6) is -1.17. The normalized spacial score (nSPS) is 13.2. The van der Waals surface area contributed by atoms with E-state index in [1.807, 2.05) is 24.3 Å². The highest BCUT2D eigenvalue weighted by Crippen LogP contribution is 2.30. The number of carbonyl (C=O) groups is 2. The number of amides is 1. The molecule has 28 heavy (non-hydrogen) atoms. The number of methoxy groups -OCH3 is 1. The third kappa shape index (κ3) is 3.15. The lowest BCUT2D eigenvalue weighted by atomic mass is 10.0. The Morgan fingerprint density at radius 3 is 2.82 bits per heavy atom. The van der Waals surface area contributed by atoms with Crippen LogP contribution in [0.5, 0.6) is 11.5 Å². The summed E-state index contributed by atoms with van der Waals surface area (Å²) < 4.78 is 10.1. The molecule has 0 atom stereocenters. The summed E-state index contributed by atoms with van der Waals surface area (Å²) in [6.45, 7) is 0.647. The lowest BCUT2D eigenvalue weighted by Crippen LogP contribution is -2.38. The number of para-hydroxylation sites is 2. The molecular weight excluding hydrogens is 360 g/mol. The molecule has 1 amide bonds. The van der Waals surface area contributed by atoms with Crippen molar-refractivity contribution in [1.82, 2.24) is 9.88 Å². The van der Waals surface area contributed by atoms with Gasteiger partial charge >= 0.3 is 5.97 Å². The van der Waals surface area contributed by atoms with Crippen LogP contribution in [0.15, 0.2) is 42.5 Å². The summed E-state index contributed by atoms with van der Waals surface area (Å²) in [4.78, 5) is 29.9. The summed E-state index contributed by atoms with van der Waals surface area (Å²) in [7, 11) is 1.39. The van der Waals surface area contributed by atoms with Crippen molar-refractivity contribution in [3.8, 4) is 11.5 Å². The fourth-order valence-corrected chi connectivity index (χ4v) is 3.53. The number of aromatic nitrogens is 1. The van der Waals surface area contributed by atoms with Crippen LogP contribution in [0.3, 0.4) is 0 Å². The second-order valence-corrected chi connectivity index (χ2v) is 6.63. The van der Waals surface area contributed by atoms with Crippen LogP contribution < -0.4 is 4.74 Å². The van der Waals surface area contributed by atoms with Gasteiger partial charge in [-0.1, -0.05) is 24.3 Å². The third-order valence-corrected chi connectivity index (χ3v) is 5.00. The van der Waals surface area contributed by atoms with Gasteiger partial charge in [0, 0.05) is 41.7 Å². The Morgan fingerprint density at radius 2 is 2.00 bits per heavy atom. The van der Waals surface area contributed by atoms with Crippen molar-refractivity contribution >= 4 is 22.8 Å². The Balaban J connectivity index is 1.43. The van der Waals surface area contributed by atoms with E-state index in [4.69, 9.17) is 9.47 Å². The van der Waals surface area contributed by atoms with Gasteiger partial charge in [-0.15, -0.1) is 0 Å². The lowest BCUT2D eigenvalue weighted by Gasteiger charge is -2.27. The molecule has 2 aromatic carbocycles. The quantitative estimate of drug-likeness (QED) is 0.679. The maximum absolute atomic E-state index is 12.6. The van der Waals surface area contributed by atoms with Crippen LogP contribution >= 0.6 is 0 Å². The predicted molar refractivity (Wildman–Crippen MR) is 102 cm³/mol.